The van der Waals surface area contributed by atoms with Crippen LogP contribution < -0.4 is 20.9 Å². The molecule has 2 aliphatic heterocycles. The van der Waals surface area contributed by atoms with Crippen LogP contribution in [0.4, 0.5) is 11.4 Å². The number of para-hydroxylation sites is 1. The van der Waals surface area contributed by atoms with Crippen molar-refractivity contribution >= 4 is 23.4 Å². The van der Waals surface area contributed by atoms with Crippen molar-refractivity contribution in [3.8, 4) is 0 Å². The number of carbonyl (C=O) groups is 1. The van der Waals surface area contributed by atoms with Crippen molar-refractivity contribution in [2.75, 3.05) is 23.3 Å². The average molecular weight is 481 g/mol. The molecule has 5 nitrogen and oxygen atoms in total. The van der Waals surface area contributed by atoms with E-state index in [-0.39, 0.29) is 11.9 Å². The van der Waals surface area contributed by atoms with Gasteiger partial charge in [-0.05, 0) is 79.7 Å². The van der Waals surface area contributed by atoms with E-state index in [0.717, 1.165) is 44.7 Å². The van der Waals surface area contributed by atoms with E-state index in [9.17, 15) is 4.79 Å². The Kier molecular flexibility index (Phi) is 8.11. The largest absolute Gasteiger partial charge is 0.363 e. The van der Waals surface area contributed by atoms with Gasteiger partial charge in [0.25, 0.3) is 0 Å². The molecule has 36 heavy (non-hydrogen) atoms. The molecule has 0 spiro atoms. The third-order valence-electron chi connectivity index (χ3n) is 7.07. The molecule has 186 valence electrons. The molecule has 2 aliphatic rings. The van der Waals surface area contributed by atoms with Gasteiger partial charge in [0.1, 0.15) is 0 Å². The molecule has 3 N–H and O–H groups in total. The Morgan fingerprint density at radius 3 is 2.14 bits per heavy atom. The fraction of sp³-hybridized carbons (Fsp3) is 0.323. The number of hydrogen-bond donors (Lipinski definition) is 3. The maximum absolute atomic E-state index is 12.4. The van der Waals surface area contributed by atoms with Crippen LogP contribution in [-0.4, -0.2) is 31.1 Å². The van der Waals surface area contributed by atoms with E-state index >= 15 is 0 Å². The molecule has 2 saturated heterocycles. The Labute approximate surface area is 214 Å². The van der Waals surface area contributed by atoms with E-state index in [1.807, 2.05) is 12.1 Å². The molecule has 3 aromatic carbocycles. The smallest absolute Gasteiger partial charge is 0.241 e. The fourth-order valence-corrected chi connectivity index (χ4v) is 4.99. The normalized spacial score (nSPS) is 19.6. The van der Waals surface area contributed by atoms with Crippen molar-refractivity contribution in [3.63, 3.8) is 0 Å². The number of rotatable bonds is 9. The molecule has 1 amide bonds. The Hall–Kier alpha value is -3.41. The third kappa shape index (κ3) is 6.62. The lowest BCUT2D eigenvalue weighted by atomic mass is 10.1. The predicted octanol–water partition coefficient (Wildman–Crippen LogP) is 5.35. The van der Waals surface area contributed by atoms with E-state index in [2.05, 4.69) is 99.7 Å². The van der Waals surface area contributed by atoms with Crippen LogP contribution in [0.15, 0.2) is 84.9 Å². The summed E-state index contributed by atoms with van der Waals surface area (Å²) in [6.45, 7) is 3.66. The highest BCUT2D eigenvalue weighted by Gasteiger charge is 2.21. The molecule has 0 aliphatic carbocycles. The Bertz CT molecular complexity index is 1130. The Balaban J connectivity index is 1.24. The van der Waals surface area contributed by atoms with Gasteiger partial charge in [0.15, 0.2) is 0 Å². The molecule has 3 aromatic rings. The van der Waals surface area contributed by atoms with E-state index in [4.69, 9.17) is 0 Å². The first-order valence-corrected chi connectivity index (χ1v) is 13.2. The van der Waals surface area contributed by atoms with E-state index in [1.165, 1.54) is 35.2 Å². The standard InChI is InChI=1S/C31H36N4O/c36-31(30-9-5-21-33-30)34-28-18-15-26(16-19-28)23-35(29-7-2-1-3-8-29)22-25-12-10-24(11-13-25)14-17-27-6-4-20-32-27/h1-3,7-8,10-19,27,30,32-33H,4-6,9,20-23H2,(H,34,36)/t27-,30-/m0/s1. The van der Waals surface area contributed by atoms with Gasteiger partial charge in [-0.3, -0.25) is 4.79 Å². The lowest BCUT2D eigenvalue weighted by Crippen LogP contribution is -2.35. The van der Waals surface area contributed by atoms with Gasteiger partial charge in [-0.15, -0.1) is 0 Å². The number of carbonyl (C=O) groups excluding carboxylic acids is 1. The minimum absolute atomic E-state index is 0.0592. The van der Waals surface area contributed by atoms with Crippen LogP contribution in [0.5, 0.6) is 0 Å². The van der Waals surface area contributed by atoms with Crippen molar-refractivity contribution in [3.05, 3.63) is 102 Å². The maximum atomic E-state index is 12.4. The first-order chi connectivity index (χ1) is 17.7. The van der Waals surface area contributed by atoms with Crippen molar-refractivity contribution in [2.24, 2.45) is 0 Å². The lowest BCUT2D eigenvalue weighted by molar-refractivity contribution is -0.117. The lowest BCUT2D eigenvalue weighted by Gasteiger charge is -2.25. The van der Waals surface area contributed by atoms with E-state index < -0.39 is 0 Å². The molecular weight excluding hydrogens is 444 g/mol. The number of nitrogens with zero attached hydrogens (tertiary/aromatic N) is 1. The van der Waals surface area contributed by atoms with Crippen LogP contribution in [0.1, 0.15) is 42.4 Å². The molecule has 0 aromatic heterocycles. The van der Waals surface area contributed by atoms with Gasteiger partial charge in [-0.25, -0.2) is 0 Å². The molecule has 2 fully saturated rings. The molecule has 0 bridgehead atoms. The highest BCUT2D eigenvalue weighted by Crippen LogP contribution is 2.22. The minimum Gasteiger partial charge on any atom is -0.363 e. The van der Waals surface area contributed by atoms with E-state index in [1.54, 1.807) is 0 Å². The average Bonchev–Trinajstić information content (AvgIpc) is 3.64. The highest BCUT2D eigenvalue weighted by atomic mass is 16.2. The monoisotopic (exact) mass is 480 g/mol. The molecule has 0 unspecified atom stereocenters. The molecule has 2 atom stereocenters. The van der Waals surface area contributed by atoms with Crippen LogP contribution in [0, 0.1) is 0 Å². The topological polar surface area (TPSA) is 56.4 Å². The van der Waals surface area contributed by atoms with Crippen LogP contribution in [0.3, 0.4) is 0 Å². The molecule has 0 saturated carbocycles. The summed E-state index contributed by atoms with van der Waals surface area (Å²) < 4.78 is 0. The van der Waals surface area contributed by atoms with Gasteiger partial charge in [-0.1, -0.05) is 66.7 Å². The van der Waals surface area contributed by atoms with Crippen LogP contribution in [-0.2, 0) is 17.9 Å². The second-order valence-corrected chi connectivity index (χ2v) is 9.83. The third-order valence-corrected chi connectivity index (χ3v) is 7.07. The summed E-state index contributed by atoms with van der Waals surface area (Å²) >= 11 is 0. The van der Waals surface area contributed by atoms with Gasteiger partial charge in [0.05, 0.1) is 6.04 Å². The summed E-state index contributed by atoms with van der Waals surface area (Å²) in [7, 11) is 0. The van der Waals surface area contributed by atoms with Gasteiger partial charge < -0.3 is 20.9 Å². The number of anilines is 2. The second kappa shape index (κ2) is 12.0. The van der Waals surface area contributed by atoms with Crippen molar-refractivity contribution in [1.82, 2.24) is 10.6 Å². The predicted molar refractivity (Wildman–Crippen MR) is 149 cm³/mol. The van der Waals surface area contributed by atoms with E-state index in [0.29, 0.717) is 6.04 Å². The van der Waals surface area contributed by atoms with Crippen molar-refractivity contribution in [1.29, 1.82) is 0 Å². The summed E-state index contributed by atoms with van der Waals surface area (Å²) in [5, 5.41) is 9.81. The fourth-order valence-electron chi connectivity index (χ4n) is 4.99. The zero-order chi connectivity index (χ0) is 24.6. The molecule has 2 heterocycles. The first kappa shape index (κ1) is 24.3. The first-order valence-electron chi connectivity index (χ1n) is 13.2. The summed E-state index contributed by atoms with van der Waals surface area (Å²) in [6.07, 6.45) is 8.97. The molecule has 5 heteroatoms. The summed E-state index contributed by atoms with van der Waals surface area (Å²) in [4.78, 5) is 14.8. The molecular formula is C31H36N4O. The zero-order valence-electron chi connectivity index (χ0n) is 20.8. The van der Waals surface area contributed by atoms with Crippen LogP contribution >= 0.6 is 0 Å². The van der Waals surface area contributed by atoms with Gasteiger partial charge in [-0.2, -0.15) is 0 Å². The summed E-state index contributed by atoms with van der Waals surface area (Å²) in [5.41, 5.74) is 5.77. The Morgan fingerprint density at radius 1 is 0.833 bits per heavy atom. The molecule has 5 rings (SSSR count). The van der Waals surface area contributed by atoms with Crippen LogP contribution in [0.25, 0.3) is 6.08 Å². The number of hydrogen-bond acceptors (Lipinski definition) is 4. The SMILES string of the molecule is O=C(Nc1ccc(CN(Cc2ccc(C=C[C@@H]3CCCN3)cc2)c2ccccc2)cc1)[C@@H]1CCCN1. The maximum Gasteiger partial charge on any atom is 0.241 e. The number of benzene rings is 3. The van der Waals surface area contributed by atoms with Crippen molar-refractivity contribution in [2.45, 2.75) is 50.9 Å². The number of amides is 1. The minimum atomic E-state index is -0.0699. The van der Waals surface area contributed by atoms with Crippen molar-refractivity contribution < 1.29 is 4.79 Å². The molecule has 0 radical (unpaired) electrons. The van der Waals surface area contributed by atoms with Gasteiger partial charge in [0, 0.05) is 30.5 Å². The van der Waals surface area contributed by atoms with Gasteiger partial charge in [0.2, 0.25) is 5.91 Å². The second-order valence-electron chi connectivity index (χ2n) is 9.83. The summed E-state index contributed by atoms with van der Waals surface area (Å²) in [6, 6.07) is 28.1. The number of nitrogens with one attached hydrogen (secondary N) is 3. The van der Waals surface area contributed by atoms with Crippen LogP contribution in [0.2, 0.25) is 0 Å². The zero-order valence-corrected chi connectivity index (χ0v) is 20.8. The van der Waals surface area contributed by atoms with Gasteiger partial charge >= 0.3 is 0 Å². The quantitative estimate of drug-likeness (QED) is 0.387. The highest BCUT2D eigenvalue weighted by molar-refractivity contribution is 5.95. The summed E-state index contributed by atoms with van der Waals surface area (Å²) in [5.74, 6) is 0.0592. The Morgan fingerprint density at radius 2 is 1.50 bits per heavy atom.